The molecule has 2 unspecified atom stereocenters. The van der Waals surface area contributed by atoms with Crippen molar-refractivity contribution in [2.75, 3.05) is 5.43 Å². The molecule has 0 radical (unpaired) electrons. The predicted octanol–water partition coefficient (Wildman–Crippen LogP) is 1.06. The molecule has 0 aromatic carbocycles. The van der Waals surface area contributed by atoms with Gasteiger partial charge in [0.2, 0.25) is 5.91 Å². The summed E-state index contributed by atoms with van der Waals surface area (Å²) in [7, 11) is 0. The van der Waals surface area contributed by atoms with E-state index in [1.54, 1.807) is 17.1 Å². The lowest BCUT2D eigenvalue weighted by Crippen LogP contribution is -2.27. The number of nitrogens with zero attached hydrogens (tertiary/aromatic N) is 1. The zero-order chi connectivity index (χ0) is 11.5. The molecule has 5 nitrogen and oxygen atoms in total. The molecule has 2 atom stereocenters. The second kappa shape index (κ2) is 4.38. The van der Waals surface area contributed by atoms with Crippen LogP contribution in [-0.4, -0.2) is 21.7 Å². The molecule has 1 amide bonds. The van der Waals surface area contributed by atoms with E-state index in [4.69, 9.17) is 5.11 Å². The first-order valence-electron chi connectivity index (χ1n) is 5.33. The maximum Gasteiger partial charge on any atom is 0.306 e. The van der Waals surface area contributed by atoms with Crippen LogP contribution in [0.2, 0.25) is 0 Å². The zero-order valence-corrected chi connectivity index (χ0v) is 8.80. The van der Waals surface area contributed by atoms with Crippen LogP contribution in [0.3, 0.4) is 0 Å². The van der Waals surface area contributed by atoms with Gasteiger partial charge in [-0.25, -0.2) is 0 Å². The molecular weight excluding hydrogens is 208 g/mol. The van der Waals surface area contributed by atoms with Gasteiger partial charge in [0.1, 0.15) is 0 Å². The highest BCUT2D eigenvalue weighted by atomic mass is 16.4. The number of carbonyl (C=O) groups is 2. The molecule has 5 heteroatoms. The third-order valence-corrected chi connectivity index (χ3v) is 3.00. The maximum atomic E-state index is 11.8. The highest BCUT2D eigenvalue weighted by molar-refractivity contribution is 5.87. The van der Waals surface area contributed by atoms with Crippen molar-refractivity contribution in [1.82, 2.24) is 4.68 Å². The second-order valence-corrected chi connectivity index (χ2v) is 4.11. The van der Waals surface area contributed by atoms with Crippen LogP contribution in [0.15, 0.2) is 24.5 Å². The number of carbonyl (C=O) groups excluding carboxylic acids is 1. The van der Waals surface area contributed by atoms with E-state index in [2.05, 4.69) is 5.43 Å². The molecule has 1 aromatic heterocycles. The van der Waals surface area contributed by atoms with Gasteiger partial charge in [-0.05, 0) is 31.4 Å². The van der Waals surface area contributed by atoms with Crippen LogP contribution < -0.4 is 5.43 Å². The van der Waals surface area contributed by atoms with Gasteiger partial charge in [-0.3, -0.25) is 19.7 Å². The van der Waals surface area contributed by atoms with Crippen molar-refractivity contribution in [1.29, 1.82) is 0 Å². The molecule has 0 aliphatic heterocycles. The molecule has 1 saturated carbocycles. The lowest BCUT2D eigenvalue weighted by Gasteiger charge is -2.11. The molecule has 16 heavy (non-hydrogen) atoms. The summed E-state index contributed by atoms with van der Waals surface area (Å²) < 4.78 is 1.58. The van der Waals surface area contributed by atoms with Crippen LogP contribution >= 0.6 is 0 Å². The highest BCUT2D eigenvalue weighted by Crippen LogP contribution is 2.31. The Bertz CT molecular complexity index is 386. The van der Waals surface area contributed by atoms with Crippen molar-refractivity contribution in [2.24, 2.45) is 11.8 Å². The van der Waals surface area contributed by atoms with Crippen molar-refractivity contribution in [3.05, 3.63) is 24.5 Å². The van der Waals surface area contributed by atoms with E-state index in [-0.39, 0.29) is 17.7 Å². The molecule has 1 fully saturated rings. The minimum Gasteiger partial charge on any atom is -0.481 e. The van der Waals surface area contributed by atoms with Crippen molar-refractivity contribution in [3.8, 4) is 0 Å². The van der Waals surface area contributed by atoms with Gasteiger partial charge in [-0.2, -0.15) is 0 Å². The van der Waals surface area contributed by atoms with Crippen LogP contribution in [0.5, 0.6) is 0 Å². The standard InChI is InChI=1S/C11H14N2O3/c14-10(12-13-5-1-2-6-13)8-3-4-9(7-8)11(15)16/h1-2,5-6,8-9H,3-4,7H2,(H,12,14)(H,15,16). The van der Waals surface area contributed by atoms with Gasteiger partial charge < -0.3 is 5.11 Å². The number of amides is 1. The zero-order valence-electron chi connectivity index (χ0n) is 8.80. The van der Waals surface area contributed by atoms with Crippen molar-refractivity contribution < 1.29 is 14.7 Å². The Kier molecular flexibility index (Phi) is 2.94. The third-order valence-electron chi connectivity index (χ3n) is 3.00. The number of rotatable bonds is 3. The lowest BCUT2D eigenvalue weighted by molar-refractivity contribution is -0.141. The summed E-state index contributed by atoms with van der Waals surface area (Å²) >= 11 is 0. The van der Waals surface area contributed by atoms with Crippen molar-refractivity contribution >= 4 is 11.9 Å². The van der Waals surface area contributed by atoms with E-state index in [1.165, 1.54) is 0 Å². The fourth-order valence-electron chi connectivity index (χ4n) is 2.07. The number of hydrogen-bond donors (Lipinski definition) is 2. The van der Waals surface area contributed by atoms with E-state index in [0.717, 1.165) is 0 Å². The van der Waals surface area contributed by atoms with Crippen molar-refractivity contribution in [2.45, 2.75) is 19.3 Å². The fraction of sp³-hybridized carbons (Fsp3) is 0.455. The average molecular weight is 222 g/mol. The topological polar surface area (TPSA) is 71.3 Å². The van der Waals surface area contributed by atoms with E-state index in [0.29, 0.717) is 19.3 Å². The van der Waals surface area contributed by atoms with Gasteiger partial charge in [0.05, 0.1) is 5.92 Å². The van der Waals surface area contributed by atoms with Crippen LogP contribution in [-0.2, 0) is 9.59 Å². The minimum absolute atomic E-state index is 0.0973. The monoisotopic (exact) mass is 222 g/mol. The Balaban J connectivity index is 1.90. The number of aromatic nitrogens is 1. The number of hydrogen-bond acceptors (Lipinski definition) is 2. The fourth-order valence-corrected chi connectivity index (χ4v) is 2.07. The Morgan fingerprint density at radius 1 is 1.19 bits per heavy atom. The number of nitrogens with one attached hydrogen (secondary N) is 1. The van der Waals surface area contributed by atoms with E-state index >= 15 is 0 Å². The average Bonchev–Trinajstić information content (AvgIpc) is 2.86. The number of carboxylic acids is 1. The minimum atomic E-state index is -0.795. The first kappa shape index (κ1) is 10.7. The molecule has 2 N–H and O–H groups in total. The SMILES string of the molecule is O=C(O)C1CCC(C(=O)Nn2cccc2)C1. The Hall–Kier alpha value is -1.78. The summed E-state index contributed by atoms with van der Waals surface area (Å²) in [4.78, 5) is 22.5. The molecule has 0 spiro atoms. The van der Waals surface area contributed by atoms with Gasteiger partial charge >= 0.3 is 5.97 Å². The second-order valence-electron chi connectivity index (χ2n) is 4.11. The maximum absolute atomic E-state index is 11.8. The van der Waals surface area contributed by atoms with Crippen LogP contribution in [0.4, 0.5) is 0 Å². The largest absolute Gasteiger partial charge is 0.481 e. The molecule has 86 valence electrons. The summed E-state index contributed by atoms with van der Waals surface area (Å²) in [6.07, 6.45) is 5.18. The van der Waals surface area contributed by atoms with Crippen LogP contribution in [0, 0.1) is 11.8 Å². The molecule has 1 aromatic rings. The Morgan fingerprint density at radius 3 is 2.38 bits per heavy atom. The van der Waals surface area contributed by atoms with E-state index in [9.17, 15) is 9.59 Å². The van der Waals surface area contributed by atoms with Crippen LogP contribution in [0.1, 0.15) is 19.3 Å². The summed E-state index contributed by atoms with van der Waals surface area (Å²) in [6, 6.07) is 3.63. The first-order chi connectivity index (χ1) is 7.66. The summed E-state index contributed by atoms with van der Waals surface area (Å²) in [6.45, 7) is 0. The van der Waals surface area contributed by atoms with Gasteiger partial charge in [-0.1, -0.05) is 0 Å². The third kappa shape index (κ3) is 2.24. The smallest absolute Gasteiger partial charge is 0.306 e. The quantitative estimate of drug-likeness (QED) is 0.803. The van der Waals surface area contributed by atoms with Crippen LogP contribution in [0.25, 0.3) is 0 Å². The molecule has 1 heterocycles. The van der Waals surface area contributed by atoms with Gasteiger partial charge in [0, 0.05) is 18.3 Å². The highest BCUT2D eigenvalue weighted by Gasteiger charge is 2.33. The lowest BCUT2D eigenvalue weighted by atomic mass is 10.0. The van der Waals surface area contributed by atoms with Crippen molar-refractivity contribution in [3.63, 3.8) is 0 Å². The normalized spacial score (nSPS) is 24.2. The summed E-state index contributed by atoms with van der Waals surface area (Å²) in [5.41, 5.74) is 2.71. The van der Waals surface area contributed by atoms with Gasteiger partial charge in [0.15, 0.2) is 0 Å². The van der Waals surface area contributed by atoms with Gasteiger partial charge in [-0.15, -0.1) is 0 Å². The number of carboxylic acid groups (broad SMARTS) is 1. The first-order valence-corrected chi connectivity index (χ1v) is 5.33. The Morgan fingerprint density at radius 2 is 1.81 bits per heavy atom. The molecular formula is C11H14N2O3. The number of aliphatic carboxylic acids is 1. The Labute approximate surface area is 93.0 Å². The van der Waals surface area contributed by atoms with E-state index in [1.807, 2.05) is 12.1 Å². The molecule has 1 aliphatic rings. The molecule has 2 rings (SSSR count). The molecule has 0 bridgehead atoms. The van der Waals surface area contributed by atoms with E-state index < -0.39 is 5.97 Å². The summed E-state index contributed by atoms with van der Waals surface area (Å²) in [5.74, 6) is -1.43. The molecule has 1 aliphatic carbocycles. The summed E-state index contributed by atoms with van der Waals surface area (Å²) in [5, 5.41) is 8.83. The predicted molar refractivity (Wildman–Crippen MR) is 57.3 cm³/mol. The van der Waals surface area contributed by atoms with Gasteiger partial charge in [0.25, 0.3) is 0 Å². The molecule has 0 saturated heterocycles.